The second-order valence-corrected chi connectivity index (χ2v) is 6.10. The summed E-state index contributed by atoms with van der Waals surface area (Å²) in [5.74, 6) is 0.996. The molecule has 2 atom stereocenters. The van der Waals surface area contributed by atoms with Gasteiger partial charge in [-0.1, -0.05) is 28.9 Å². The average molecular weight is 319 g/mol. The zero-order chi connectivity index (χ0) is 12.7. The van der Waals surface area contributed by atoms with Crippen LogP contribution in [0.3, 0.4) is 0 Å². The van der Waals surface area contributed by atoms with Gasteiger partial charge < -0.3 is 9.84 Å². The molecule has 1 rings (SSSR count). The SMILES string of the molecule is COCCC(C)C(O)CSc1cccc(Br)c1. The first-order chi connectivity index (χ1) is 8.13. The summed E-state index contributed by atoms with van der Waals surface area (Å²) in [5.41, 5.74) is 0. The summed E-state index contributed by atoms with van der Waals surface area (Å²) >= 11 is 5.12. The molecule has 0 saturated heterocycles. The number of rotatable bonds is 7. The minimum absolute atomic E-state index is 0.273. The molecule has 0 heterocycles. The smallest absolute Gasteiger partial charge is 0.0660 e. The summed E-state index contributed by atoms with van der Waals surface area (Å²) < 4.78 is 6.09. The molecule has 0 fully saturated rings. The highest BCUT2D eigenvalue weighted by Gasteiger charge is 2.14. The van der Waals surface area contributed by atoms with Crippen molar-refractivity contribution in [3.63, 3.8) is 0 Å². The van der Waals surface area contributed by atoms with E-state index in [1.165, 1.54) is 4.90 Å². The molecule has 2 nitrogen and oxygen atoms in total. The van der Waals surface area contributed by atoms with Crippen molar-refractivity contribution in [2.45, 2.75) is 24.3 Å². The number of methoxy groups -OCH3 is 1. The second kappa shape index (κ2) is 8.14. The van der Waals surface area contributed by atoms with E-state index in [4.69, 9.17) is 4.74 Å². The van der Waals surface area contributed by atoms with Gasteiger partial charge >= 0.3 is 0 Å². The zero-order valence-electron chi connectivity index (χ0n) is 10.2. The number of benzene rings is 1. The Kier molecular flexibility index (Phi) is 7.19. The monoisotopic (exact) mass is 318 g/mol. The van der Waals surface area contributed by atoms with Crippen molar-refractivity contribution in [2.24, 2.45) is 5.92 Å². The Labute approximate surface area is 116 Å². The fourth-order valence-corrected chi connectivity index (χ4v) is 3.03. The molecule has 96 valence electrons. The third-order valence-corrected chi connectivity index (χ3v) is 4.24. The second-order valence-electron chi connectivity index (χ2n) is 4.09. The maximum Gasteiger partial charge on any atom is 0.0660 e. The van der Waals surface area contributed by atoms with E-state index in [-0.39, 0.29) is 12.0 Å². The number of aliphatic hydroxyl groups excluding tert-OH is 1. The molecule has 0 bridgehead atoms. The van der Waals surface area contributed by atoms with E-state index < -0.39 is 0 Å². The zero-order valence-corrected chi connectivity index (χ0v) is 12.6. The minimum atomic E-state index is -0.283. The summed E-state index contributed by atoms with van der Waals surface area (Å²) in [6.45, 7) is 2.77. The van der Waals surface area contributed by atoms with Crippen LogP contribution < -0.4 is 0 Å². The Hall–Kier alpha value is -0.0300. The van der Waals surface area contributed by atoms with Crippen molar-refractivity contribution < 1.29 is 9.84 Å². The van der Waals surface area contributed by atoms with Crippen LogP contribution in [0.4, 0.5) is 0 Å². The van der Waals surface area contributed by atoms with Gasteiger partial charge in [0.2, 0.25) is 0 Å². The molecule has 1 aromatic carbocycles. The molecule has 0 aliphatic heterocycles. The first kappa shape index (κ1) is 15.0. The van der Waals surface area contributed by atoms with Crippen molar-refractivity contribution in [1.82, 2.24) is 0 Å². The number of thioether (sulfide) groups is 1. The largest absolute Gasteiger partial charge is 0.392 e. The fourth-order valence-electron chi connectivity index (χ4n) is 1.40. The molecular weight excluding hydrogens is 300 g/mol. The number of hydrogen-bond donors (Lipinski definition) is 1. The normalized spacial score (nSPS) is 14.6. The van der Waals surface area contributed by atoms with Crippen molar-refractivity contribution >= 4 is 27.7 Å². The van der Waals surface area contributed by atoms with E-state index in [0.717, 1.165) is 16.6 Å². The third kappa shape index (κ3) is 5.91. The van der Waals surface area contributed by atoms with Gasteiger partial charge in [-0.25, -0.2) is 0 Å². The summed E-state index contributed by atoms with van der Waals surface area (Å²) in [7, 11) is 1.69. The van der Waals surface area contributed by atoms with Crippen molar-refractivity contribution in [2.75, 3.05) is 19.5 Å². The Morgan fingerprint density at radius 1 is 1.47 bits per heavy atom. The van der Waals surface area contributed by atoms with Gasteiger partial charge in [0.1, 0.15) is 0 Å². The predicted octanol–water partition coefficient (Wildman–Crippen LogP) is 3.57. The molecule has 2 unspecified atom stereocenters. The average Bonchev–Trinajstić information content (AvgIpc) is 2.33. The topological polar surface area (TPSA) is 29.5 Å². The first-order valence-corrected chi connectivity index (χ1v) is 7.46. The van der Waals surface area contributed by atoms with Crippen LogP contribution in [0.25, 0.3) is 0 Å². The number of halogens is 1. The fraction of sp³-hybridized carbons (Fsp3) is 0.538. The van der Waals surface area contributed by atoms with Crippen LogP contribution in [0.5, 0.6) is 0 Å². The molecule has 0 aromatic heterocycles. The summed E-state index contributed by atoms with van der Waals surface area (Å²) in [5, 5.41) is 9.99. The van der Waals surface area contributed by atoms with Gasteiger partial charge in [-0.2, -0.15) is 0 Å². The van der Waals surface area contributed by atoms with Crippen LogP contribution in [0.2, 0.25) is 0 Å². The van der Waals surface area contributed by atoms with E-state index in [1.807, 2.05) is 12.1 Å². The molecule has 0 amide bonds. The van der Waals surface area contributed by atoms with Gasteiger partial charge in [0.15, 0.2) is 0 Å². The van der Waals surface area contributed by atoms with Gasteiger partial charge in [-0.05, 0) is 30.5 Å². The van der Waals surface area contributed by atoms with Crippen LogP contribution in [0.15, 0.2) is 33.6 Å². The van der Waals surface area contributed by atoms with Gasteiger partial charge in [-0.15, -0.1) is 11.8 Å². The van der Waals surface area contributed by atoms with Crippen LogP contribution in [0.1, 0.15) is 13.3 Å². The lowest BCUT2D eigenvalue weighted by Gasteiger charge is -2.18. The molecule has 17 heavy (non-hydrogen) atoms. The predicted molar refractivity (Wildman–Crippen MR) is 76.5 cm³/mol. The van der Waals surface area contributed by atoms with E-state index in [1.54, 1.807) is 18.9 Å². The molecular formula is C13H19BrO2S. The Bertz CT molecular complexity index is 333. The molecule has 0 aliphatic rings. The maximum atomic E-state index is 9.99. The van der Waals surface area contributed by atoms with E-state index in [9.17, 15) is 5.11 Å². The Morgan fingerprint density at radius 3 is 2.88 bits per heavy atom. The van der Waals surface area contributed by atoms with Crippen molar-refractivity contribution in [1.29, 1.82) is 0 Å². The summed E-state index contributed by atoms with van der Waals surface area (Å²) in [4.78, 5) is 1.18. The standard InChI is InChI=1S/C13H19BrO2S/c1-10(6-7-16-2)13(15)9-17-12-5-3-4-11(14)8-12/h3-5,8,10,13,15H,6-7,9H2,1-2H3. The number of aliphatic hydroxyl groups is 1. The number of ether oxygens (including phenoxy) is 1. The lowest BCUT2D eigenvalue weighted by molar-refractivity contribution is 0.105. The van der Waals surface area contributed by atoms with Crippen LogP contribution >= 0.6 is 27.7 Å². The molecule has 0 saturated carbocycles. The van der Waals surface area contributed by atoms with E-state index in [0.29, 0.717) is 6.61 Å². The van der Waals surface area contributed by atoms with Crippen LogP contribution in [0, 0.1) is 5.92 Å². The molecule has 1 aromatic rings. The Morgan fingerprint density at radius 2 is 2.24 bits per heavy atom. The lowest BCUT2D eigenvalue weighted by Crippen LogP contribution is -2.21. The quantitative estimate of drug-likeness (QED) is 0.779. The highest BCUT2D eigenvalue weighted by Crippen LogP contribution is 2.24. The third-order valence-electron chi connectivity index (χ3n) is 2.65. The molecule has 1 N–H and O–H groups in total. The molecule has 4 heteroatoms. The van der Waals surface area contributed by atoms with Crippen molar-refractivity contribution in [3.8, 4) is 0 Å². The van der Waals surface area contributed by atoms with Crippen LogP contribution in [-0.2, 0) is 4.74 Å². The summed E-state index contributed by atoms with van der Waals surface area (Å²) in [6.07, 6.45) is 0.616. The maximum absolute atomic E-state index is 9.99. The molecule has 0 spiro atoms. The highest BCUT2D eigenvalue weighted by molar-refractivity contribution is 9.10. The Balaban J connectivity index is 2.34. The van der Waals surface area contributed by atoms with E-state index >= 15 is 0 Å². The highest BCUT2D eigenvalue weighted by atomic mass is 79.9. The van der Waals surface area contributed by atoms with Gasteiger partial charge in [0.05, 0.1) is 6.10 Å². The first-order valence-electron chi connectivity index (χ1n) is 5.69. The van der Waals surface area contributed by atoms with Gasteiger partial charge in [-0.3, -0.25) is 0 Å². The van der Waals surface area contributed by atoms with Gasteiger partial charge in [0, 0.05) is 28.8 Å². The minimum Gasteiger partial charge on any atom is -0.392 e. The summed E-state index contributed by atoms with van der Waals surface area (Å²) in [6, 6.07) is 8.13. The van der Waals surface area contributed by atoms with E-state index in [2.05, 4.69) is 35.0 Å². The van der Waals surface area contributed by atoms with Gasteiger partial charge in [0.25, 0.3) is 0 Å². The number of hydrogen-bond acceptors (Lipinski definition) is 3. The molecule has 0 radical (unpaired) electrons. The van der Waals surface area contributed by atoms with Crippen molar-refractivity contribution in [3.05, 3.63) is 28.7 Å². The lowest BCUT2D eigenvalue weighted by atomic mass is 10.0. The molecule has 0 aliphatic carbocycles. The van der Waals surface area contributed by atoms with Crippen LogP contribution in [-0.4, -0.2) is 30.7 Å².